The van der Waals surface area contributed by atoms with Crippen molar-refractivity contribution in [1.29, 1.82) is 0 Å². The van der Waals surface area contributed by atoms with Gasteiger partial charge >= 0.3 is 0 Å². The van der Waals surface area contributed by atoms with Gasteiger partial charge in [-0.15, -0.1) is 11.8 Å². The van der Waals surface area contributed by atoms with Gasteiger partial charge in [0, 0.05) is 14.9 Å². The van der Waals surface area contributed by atoms with Crippen LogP contribution in [-0.4, -0.2) is 16.8 Å². The molecule has 0 bridgehead atoms. The monoisotopic (exact) mass is 316 g/mol. The summed E-state index contributed by atoms with van der Waals surface area (Å²) < 4.78 is 0.982. The van der Waals surface area contributed by atoms with Crippen molar-refractivity contribution in [3.63, 3.8) is 0 Å². The van der Waals surface area contributed by atoms with Crippen LogP contribution in [0.25, 0.3) is 0 Å². The molecule has 1 aromatic carbocycles. The molecule has 0 spiro atoms. The van der Waals surface area contributed by atoms with Gasteiger partial charge in [-0.2, -0.15) is 0 Å². The van der Waals surface area contributed by atoms with Crippen LogP contribution in [0.4, 0.5) is 0 Å². The molecule has 17 heavy (non-hydrogen) atoms. The second-order valence-corrected chi connectivity index (χ2v) is 6.15. The molecule has 1 rings (SSSR count). The number of rotatable bonds is 5. The summed E-state index contributed by atoms with van der Waals surface area (Å²) in [5.74, 6) is 1.95. The molecule has 5 heteroatoms. The van der Waals surface area contributed by atoms with Crippen molar-refractivity contribution < 1.29 is 5.21 Å². The smallest absolute Gasteiger partial charge is 0.170 e. The summed E-state index contributed by atoms with van der Waals surface area (Å²) in [5.41, 5.74) is 6.24. The Balaban J connectivity index is 2.70. The normalized spacial score (nSPS) is 12.1. The van der Waals surface area contributed by atoms with Crippen LogP contribution in [0, 0.1) is 5.92 Å². The first-order valence-corrected chi connectivity index (χ1v) is 7.22. The first-order chi connectivity index (χ1) is 8.04. The van der Waals surface area contributed by atoms with Gasteiger partial charge in [-0.25, -0.2) is 0 Å². The van der Waals surface area contributed by atoms with Gasteiger partial charge in [0.2, 0.25) is 0 Å². The van der Waals surface area contributed by atoms with E-state index in [1.165, 1.54) is 11.3 Å². The number of hydrogen-bond donors (Lipinski definition) is 2. The van der Waals surface area contributed by atoms with E-state index in [0.29, 0.717) is 5.56 Å². The maximum Gasteiger partial charge on any atom is 0.170 e. The SMILES string of the molecule is CC(C)CCSc1ccc(/C(N)=N/O)cc1Br. The third-order valence-corrected chi connectivity index (χ3v) is 4.31. The second-order valence-electron chi connectivity index (χ2n) is 4.16. The maximum absolute atomic E-state index is 8.59. The Morgan fingerprint density at radius 3 is 2.76 bits per heavy atom. The lowest BCUT2D eigenvalue weighted by molar-refractivity contribution is 0.318. The molecule has 0 atom stereocenters. The first kappa shape index (κ1) is 14.4. The minimum Gasteiger partial charge on any atom is -0.409 e. The maximum atomic E-state index is 8.59. The fourth-order valence-electron chi connectivity index (χ4n) is 1.24. The van der Waals surface area contributed by atoms with Crippen LogP contribution in [0.2, 0.25) is 0 Å². The van der Waals surface area contributed by atoms with Gasteiger partial charge in [0.15, 0.2) is 5.84 Å². The van der Waals surface area contributed by atoms with Crippen LogP contribution in [0.5, 0.6) is 0 Å². The lowest BCUT2D eigenvalue weighted by Crippen LogP contribution is -2.12. The van der Waals surface area contributed by atoms with Crippen molar-refractivity contribution >= 4 is 33.5 Å². The highest BCUT2D eigenvalue weighted by Crippen LogP contribution is 2.29. The zero-order chi connectivity index (χ0) is 12.8. The van der Waals surface area contributed by atoms with E-state index in [-0.39, 0.29) is 5.84 Å². The van der Waals surface area contributed by atoms with Gasteiger partial charge in [0.1, 0.15) is 0 Å². The van der Waals surface area contributed by atoms with Crippen molar-refractivity contribution in [2.45, 2.75) is 25.2 Å². The fourth-order valence-corrected chi connectivity index (χ4v) is 3.13. The number of benzene rings is 1. The quantitative estimate of drug-likeness (QED) is 0.286. The van der Waals surface area contributed by atoms with E-state index in [2.05, 4.69) is 34.9 Å². The molecule has 3 nitrogen and oxygen atoms in total. The number of nitrogens with two attached hydrogens (primary N) is 1. The van der Waals surface area contributed by atoms with Crippen molar-refractivity contribution in [1.82, 2.24) is 0 Å². The number of hydrogen-bond acceptors (Lipinski definition) is 3. The number of halogens is 1. The molecule has 0 amide bonds. The molecule has 0 saturated heterocycles. The molecule has 0 aromatic heterocycles. The van der Waals surface area contributed by atoms with Crippen LogP contribution >= 0.6 is 27.7 Å². The third-order valence-electron chi connectivity index (χ3n) is 2.29. The van der Waals surface area contributed by atoms with Crippen LogP contribution in [0.1, 0.15) is 25.8 Å². The summed E-state index contributed by atoms with van der Waals surface area (Å²) in [6.07, 6.45) is 1.19. The topological polar surface area (TPSA) is 58.6 Å². The van der Waals surface area contributed by atoms with Gasteiger partial charge in [-0.05, 0) is 52.2 Å². The molecule has 0 aliphatic rings. The van der Waals surface area contributed by atoms with E-state index >= 15 is 0 Å². The van der Waals surface area contributed by atoms with E-state index in [4.69, 9.17) is 10.9 Å². The van der Waals surface area contributed by atoms with Gasteiger partial charge in [0.05, 0.1) is 0 Å². The van der Waals surface area contributed by atoms with Crippen molar-refractivity contribution in [3.05, 3.63) is 28.2 Å². The molecular weight excluding hydrogens is 300 g/mol. The molecule has 0 radical (unpaired) electrons. The van der Waals surface area contributed by atoms with Crippen molar-refractivity contribution in [2.75, 3.05) is 5.75 Å². The highest BCUT2D eigenvalue weighted by molar-refractivity contribution is 9.10. The Labute approximate surface area is 115 Å². The lowest BCUT2D eigenvalue weighted by atomic mass is 10.2. The Morgan fingerprint density at radius 2 is 2.24 bits per heavy atom. The van der Waals surface area contributed by atoms with Crippen LogP contribution < -0.4 is 5.73 Å². The molecule has 1 aromatic rings. The number of amidine groups is 1. The van der Waals surface area contributed by atoms with E-state index in [9.17, 15) is 0 Å². The highest BCUT2D eigenvalue weighted by Gasteiger charge is 2.05. The summed E-state index contributed by atoms with van der Waals surface area (Å²) in [6, 6.07) is 5.72. The zero-order valence-corrected chi connectivity index (χ0v) is 12.4. The largest absolute Gasteiger partial charge is 0.409 e. The van der Waals surface area contributed by atoms with Gasteiger partial charge in [-0.1, -0.05) is 19.0 Å². The Bertz CT molecular complexity index is 407. The molecule has 0 unspecified atom stereocenters. The average Bonchev–Trinajstić information content (AvgIpc) is 2.29. The first-order valence-electron chi connectivity index (χ1n) is 5.45. The number of oxime groups is 1. The summed E-state index contributed by atoms with van der Waals surface area (Å²) in [6.45, 7) is 4.44. The Kier molecular flexibility index (Phi) is 5.85. The Hall–Kier alpha value is -0.680. The van der Waals surface area contributed by atoms with Crippen LogP contribution in [-0.2, 0) is 0 Å². The van der Waals surface area contributed by atoms with Crippen LogP contribution in [0.15, 0.2) is 32.7 Å². The van der Waals surface area contributed by atoms with Crippen molar-refractivity contribution in [3.8, 4) is 0 Å². The summed E-state index contributed by atoms with van der Waals surface area (Å²) in [4.78, 5) is 1.18. The molecule has 94 valence electrons. The molecule has 0 saturated carbocycles. The second kappa shape index (κ2) is 6.91. The number of nitrogens with zero attached hydrogens (tertiary/aromatic N) is 1. The molecule has 0 aliphatic heterocycles. The van der Waals surface area contributed by atoms with Crippen LogP contribution in [0.3, 0.4) is 0 Å². The Morgan fingerprint density at radius 1 is 1.53 bits per heavy atom. The number of thioether (sulfide) groups is 1. The predicted molar refractivity (Wildman–Crippen MR) is 76.8 cm³/mol. The van der Waals surface area contributed by atoms with E-state index in [0.717, 1.165) is 16.1 Å². The summed E-state index contributed by atoms with van der Waals surface area (Å²) >= 11 is 5.31. The van der Waals surface area contributed by atoms with Gasteiger partial charge < -0.3 is 10.9 Å². The molecule has 0 fully saturated rings. The predicted octanol–water partition coefficient (Wildman–Crippen LogP) is 3.68. The molecule has 0 heterocycles. The van der Waals surface area contributed by atoms with E-state index in [1.54, 1.807) is 0 Å². The molecule has 0 aliphatic carbocycles. The fraction of sp³-hybridized carbons (Fsp3) is 0.417. The third kappa shape index (κ3) is 4.60. The van der Waals surface area contributed by atoms with Gasteiger partial charge in [0.25, 0.3) is 0 Å². The molecule has 3 N–H and O–H groups in total. The summed E-state index contributed by atoms with van der Waals surface area (Å²) in [5, 5.41) is 11.6. The zero-order valence-electron chi connectivity index (χ0n) is 9.98. The highest BCUT2D eigenvalue weighted by atomic mass is 79.9. The van der Waals surface area contributed by atoms with Crippen molar-refractivity contribution in [2.24, 2.45) is 16.8 Å². The standard InChI is InChI=1S/C12H17BrN2OS/c1-8(2)5-6-17-11-4-3-9(7-10(11)13)12(14)15-16/h3-4,7-8,16H,5-6H2,1-2H3,(H2,14,15). The minimum absolute atomic E-state index is 0.129. The minimum atomic E-state index is 0.129. The summed E-state index contributed by atoms with van der Waals surface area (Å²) in [7, 11) is 0. The van der Waals surface area contributed by atoms with Gasteiger partial charge in [-0.3, -0.25) is 0 Å². The van der Waals surface area contributed by atoms with E-state index < -0.39 is 0 Å². The lowest BCUT2D eigenvalue weighted by Gasteiger charge is -2.07. The molecular formula is C12H17BrN2OS. The van der Waals surface area contributed by atoms with E-state index in [1.807, 2.05) is 30.0 Å². The average molecular weight is 317 g/mol.